The van der Waals surface area contributed by atoms with Crippen LogP contribution in [0.2, 0.25) is 0 Å². The van der Waals surface area contributed by atoms with Crippen LogP contribution in [0, 0.1) is 11.8 Å². The van der Waals surface area contributed by atoms with Gasteiger partial charge in [-0.2, -0.15) is 0 Å². The Morgan fingerprint density at radius 2 is 1.85 bits per heavy atom. The van der Waals surface area contributed by atoms with Gasteiger partial charge in [0.1, 0.15) is 0 Å². The van der Waals surface area contributed by atoms with Gasteiger partial charge in [0.25, 0.3) is 0 Å². The van der Waals surface area contributed by atoms with Crippen LogP contribution in [0.25, 0.3) is 0 Å². The molecule has 13 heavy (non-hydrogen) atoms. The van der Waals surface area contributed by atoms with E-state index >= 15 is 0 Å². The molecule has 0 saturated heterocycles. The van der Waals surface area contributed by atoms with Gasteiger partial charge >= 0.3 is 0 Å². The van der Waals surface area contributed by atoms with Gasteiger partial charge in [-0.3, -0.25) is 0 Å². The molecule has 1 aliphatic carbocycles. The Labute approximate surface area is 80.6 Å². The van der Waals surface area contributed by atoms with Crippen LogP contribution in [0.1, 0.15) is 50.8 Å². The Morgan fingerprint density at radius 1 is 1.23 bits per heavy atom. The predicted molar refractivity (Wildman–Crippen MR) is 56.0 cm³/mol. The Bertz CT molecular complexity index is 290. The van der Waals surface area contributed by atoms with E-state index in [4.69, 9.17) is 0 Å². The molecule has 0 radical (unpaired) electrons. The predicted octanol–water partition coefficient (Wildman–Crippen LogP) is 3.51. The van der Waals surface area contributed by atoms with Crippen molar-refractivity contribution in [3.63, 3.8) is 0 Å². The molecule has 0 aromatic carbocycles. The largest absolute Gasteiger partial charge is 0.364 e. The van der Waals surface area contributed by atoms with Crippen LogP contribution in [0.5, 0.6) is 0 Å². The molecule has 1 aromatic rings. The summed E-state index contributed by atoms with van der Waals surface area (Å²) in [6.07, 6.45) is 2.19. The van der Waals surface area contributed by atoms with Gasteiger partial charge in [-0.15, -0.1) is 0 Å². The van der Waals surface area contributed by atoms with Crippen LogP contribution >= 0.6 is 0 Å². The van der Waals surface area contributed by atoms with Crippen LogP contribution < -0.4 is 0 Å². The van der Waals surface area contributed by atoms with Crippen LogP contribution in [-0.4, -0.2) is 4.98 Å². The molecule has 1 heterocycles. The number of hydrogen-bond acceptors (Lipinski definition) is 0. The van der Waals surface area contributed by atoms with Crippen molar-refractivity contribution in [2.45, 2.75) is 39.5 Å². The molecule has 0 amide bonds. The monoisotopic (exact) mass is 177 g/mol. The van der Waals surface area contributed by atoms with Crippen LogP contribution in [0.4, 0.5) is 0 Å². The minimum absolute atomic E-state index is 0.623. The molecule has 1 fully saturated rings. The standard InChI is InChI=1S/C12H19N/c1-7(2)11-5-10(6-13-11)12-8(3)9(12)4/h5-9,12-13H,1-4H3. The zero-order valence-electron chi connectivity index (χ0n) is 8.96. The molecule has 1 N–H and O–H groups in total. The first-order valence-corrected chi connectivity index (χ1v) is 5.29. The van der Waals surface area contributed by atoms with Gasteiger partial charge in [0.2, 0.25) is 0 Å². The van der Waals surface area contributed by atoms with Gasteiger partial charge in [0.05, 0.1) is 0 Å². The molecule has 1 aliphatic rings. The first kappa shape index (κ1) is 8.86. The van der Waals surface area contributed by atoms with E-state index in [0.717, 1.165) is 17.8 Å². The summed E-state index contributed by atoms with van der Waals surface area (Å²) in [6, 6.07) is 2.34. The Balaban J connectivity index is 2.15. The smallest absolute Gasteiger partial charge is 0.0176 e. The van der Waals surface area contributed by atoms with E-state index in [2.05, 4.69) is 44.9 Å². The quantitative estimate of drug-likeness (QED) is 0.711. The lowest BCUT2D eigenvalue weighted by Crippen LogP contribution is -1.84. The van der Waals surface area contributed by atoms with Crippen molar-refractivity contribution < 1.29 is 0 Å². The van der Waals surface area contributed by atoms with E-state index in [1.165, 1.54) is 11.3 Å². The summed E-state index contributed by atoms with van der Waals surface area (Å²) in [5.74, 6) is 3.22. The highest BCUT2D eigenvalue weighted by atomic mass is 14.7. The summed E-state index contributed by atoms with van der Waals surface area (Å²) in [5, 5.41) is 0. The summed E-state index contributed by atoms with van der Waals surface area (Å²) in [5.41, 5.74) is 2.89. The van der Waals surface area contributed by atoms with Gasteiger partial charge in [0, 0.05) is 11.9 Å². The maximum absolute atomic E-state index is 3.37. The summed E-state index contributed by atoms with van der Waals surface area (Å²) in [4.78, 5) is 3.37. The molecule has 0 aliphatic heterocycles. The van der Waals surface area contributed by atoms with Crippen molar-refractivity contribution in [3.8, 4) is 0 Å². The minimum Gasteiger partial charge on any atom is -0.364 e. The first-order chi connectivity index (χ1) is 6.11. The number of hydrogen-bond donors (Lipinski definition) is 1. The van der Waals surface area contributed by atoms with Gasteiger partial charge in [-0.05, 0) is 35.3 Å². The van der Waals surface area contributed by atoms with Crippen LogP contribution in [0.15, 0.2) is 12.3 Å². The lowest BCUT2D eigenvalue weighted by Gasteiger charge is -1.98. The van der Waals surface area contributed by atoms with E-state index in [1.807, 2.05) is 0 Å². The average molecular weight is 177 g/mol. The second-order valence-electron chi connectivity index (χ2n) is 4.79. The molecule has 2 unspecified atom stereocenters. The van der Waals surface area contributed by atoms with Crippen molar-refractivity contribution in [2.24, 2.45) is 11.8 Å². The zero-order valence-corrected chi connectivity index (χ0v) is 8.96. The van der Waals surface area contributed by atoms with E-state index in [1.54, 1.807) is 0 Å². The Hall–Kier alpha value is -0.720. The SMILES string of the molecule is CC(C)c1cc(C2C(C)C2C)c[nH]1. The summed E-state index contributed by atoms with van der Waals surface area (Å²) < 4.78 is 0. The van der Waals surface area contributed by atoms with Crippen molar-refractivity contribution in [2.75, 3.05) is 0 Å². The van der Waals surface area contributed by atoms with E-state index in [-0.39, 0.29) is 0 Å². The molecule has 1 saturated carbocycles. The first-order valence-electron chi connectivity index (χ1n) is 5.29. The third-order valence-corrected chi connectivity index (χ3v) is 3.56. The Kier molecular flexibility index (Phi) is 1.98. The second-order valence-corrected chi connectivity index (χ2v) is 4.79. The zero-order chi connectivity index (χ0) is 9.59. The average Bonchev–Trinajstić information content (AvgIpc) is 2.56. The van der Waals surface area contributed by atoms with Crippen molar-refractivity contribution in [1.82, 2.24) is 4.98 Å². The molecule has 2 atom stereocenters. The third-order valence-electron chi connectivity index (χ3n) is 3.56. The summed E-state index contributed by atoms with van der Waals surface area (Å²) in [7, 11) is 0. The fourth-order valence-electron chi connectivity index (χ4n) is 2.23. The molecule has 1 heteroatoms. The molecular weight excluding hydrogens is 158 g/mol. The van der Waals surface area contributed by atoms with E-state index in [9.17, 15) is 0 Å². The number of nitrogens with one attached hydrogen (secondary N) is 1. The van der Waals surface area contributed by atoms with Crippen molar-refractivity contribution in [1.29, 1.82) is 0 Å². The molecule has 2 rings (SSSR count). The molecule has 0 spiro atoms. The van der Waals surface area contributed by atoms with Crippen molar-refractivity contribution in [3.05, 3.63) is 23.5 Å². The minimum atomic E-state index is 0.623. The molecule has 0 bridgehead atoms. The maximum Gasteiger partial charge on any atom is 0.0176 e. The highest BCUT2D eigenvalue weighted by Gasteiger charge is 2.44. The fraction of sp³-hybridized carbons (Fsp3) is 0.667. The van der Waals surface area contributed by atoms with Crippen LogP contribution in [-0.2, 0) is 0 Å². The maximum atomic E-state index is 3.37. The lowest BCUT2D eigenvalue weighted by molar-refractivity contribution is 0.832. The topological polar surface area (TPSA) is 15.8 Å². The van der Waals surface area contributed by atoms with E-state index in [0.29, 0.717) is 5.92 Å². The Morgan fingerprint density at radius 3 is 2.23 bits per heavy atom. The summed E-state index contributed by atoms with van der Waals surface area (Å²) >= 11 is 0. The van der Waals surface area contributed by atoms with Crippen LogP contribution in [0.3, 0.4) is 0 Å². The number of H-pyrrole nitrogens is 1. The highest BCUT2D eigenvalue weighted by molar-refractivity contribution is 5.29. The van der Waals surface area contributed by atoms with Gasteiger partial charge < -0.3 is 4.98 Å². The number of aromatic amines is 1. The number of aromatic nitrogens is 1. The third kappa shape index (κ3) is 1.41. The van der Waals surface area contributed by atoms with Crippen molar-refractivity contribution >= 4 is 0 Å². The normalized spacial score (nSPS) is 32.5. The molecule has 72 valence electrons. The summed E-state index contributed by atoms with van der Waals surface area (Å²) in [6.45, 7) is 9.15. The van der Waals surface area contributed by atoms with Gasteiger partial charge in [0.15, 0.2) is 0 Å². The fourth-order valence-corrected chi connectivity index (χ4v) is 2.23. The molecule has 1 aromatic heterocycles. The van der Waals surface area contributed by atoms with Gasteiger partial charge in [-0.1, -0.05) is 27.7 Å². The molecular formula is C12H19N. The number of rotatable bonds is 2. The second kappa shape index (κ2) is 2.90. The molecule has 1 nitrogen and oxygen atoms in total. The van der Waals surface area contributed by atoms with Gasteiger partial charge in [-0.25, -0.2) is 0 Å². The lowest BCUT2D eigenvalue weighted by atomic mass is 10.1. The van der Waals surface area contributed by atoms with E-state index < -0.39 is 0 Å². The highest BCUT2D eigenvalue weighted by Crippen LogP contribution is 2.53.